The van der Waals surface area contributed by atoms with Gasteiger partial charge in [0.25, 0.3) is 5.56 Å². The number of benzene rings is 2. The van der Waals surface area contributed by atoms with Gasteiger partial charge >= 0.3 is 0 Å². The molecule has 0 saturated heterocycles. The minimum absolute atomic E-state index is 0.317. The van der Waals surface area contributed by atoms with E-state index in [-0.39, 0.29) is 5.56 Å². The van der Waals surface area contributed by atoms with E-state index in [9.17, 15) is 4.79 Å². The molecule has 0 aliphatic carbocycles. The lowest BCUT2D eigenvalue weighted by molar-refractivity contribution is 0.301. The Morgan fingerprint density at radius 2 is 1.80 bits per heavy atom. The van der Waals surface area contributed by atoms with E-state index in [1.165, 1.54) is 0 Å². The van der Waals surface area contributed by atoms with E-state index in [0.717, 1.165) is 16.8 Å². The lowest BCUT2D eigenvalue weighted by Crippen LogP contribution is -2.18. The number of fused-ring (bicyclic) bond motifs is 3. The minimum Gasteiger partial charge on any atom is -0.492 e. The molecule has 6 nitrogen and oxygen atoms in total. The molecular formula is C18H15ClN4O2. The lowest BCUT2D eigenvalue weighted by Gasteiger charge is -2.08. The van der Waals surface area contributed by atoms with Crippen LogP contribution in [-0.4, -0.2) is 25.8 Å². The van der Waals surface area contributed by atoms with Crippen LogP contribution in [0.25, 0.3) is 16.8 Å². The molecular weight excluding hydrogens is 340 g/mol. The Hall–Kier alpha value is -2.86. The summed E-state index contributed by atoms with van der Waals surface area (Å²) in [6, 6.07) is 15.0. The first-order valence-electron chi connectivity index (χ1n) is 7.87. The average Bonchev–Trinajstić information content (AvgIpc) is 2.91. The highest BCUT2D eigenvalue weighted by Crippen LogP contribution is 2.19. The van der Waals surface area contributed by atoms with E-state index in [1.54, 1.807) is 23.6 Å². The Morgan fingerprint density at radius 3 is 2.56 bits per heavy atom. The summed E-state index contributed by atoms with van der Waals surface area (Å²) in [5, 5.41) is 5.03. The second-order valence-electron chi connectivity index (χ2n) is 5.66. The van der Waals surface area contributed by atoms with Gasteiger partial charge in [-0.15, -0.1) is 0 Å². The van der Waals surface area contributed by atoms with Crippen molar-refractivity contribution in [3.8, 4) is 5.75 Å². The van der Waals surface area contributed by atoms with E-state index in [1.807, 2.05) is 41.0 Å². The van der Waals surface area contributed by atoms with Gasteiger partial charge in [-0.2, -0.15) is 14.6 Å². The molecule has 126 valence electrons. The van der Waals surface area contributed by atoms with Crippen LogP contribution in [0.1, 0.15) is 5.69 Å². The van der Waals surface area contributed by atoms with Gasteiger partial charge in [0.15, 0.2) is 0 Å². The summed E-state index contributed by atoms with van der Waals surface area (Å²) in [5.74, 6) is 1.25. The molecule has 0 aliphatic heterocycles. The molecule has 2 heterocycles. The van der Waals surface area contributed by atoms with Crippen molar-refractivity contribution in [2.45, 2.75) is 13.5 Å². The van der Waals surface area contributed by atoms with Gasteiger partial charge in [-0.3, -0.25) is 4.79 Å². The Kier molecular flexibility index (Phi) is 3.89. The van der Waals surface area contributed by atoms with Gasteiger partial charge < -0.3 is 9.30 Å². The number of aromatic nitrogens is 4. The van der Waals surface area contributed by atoms with Crippen LogP contribution in [0.4, 0.5) is 0 Å². The summed E-state index contributed by atoms with van der Waals surface area (Å²) in [6.07, 6.45) is 0. The number of ether oxygens (including phenoxy) is 1. The predicted molar refractivity (Wildman–Crippen MR) is 96.4 cm³/mol. The third kappa shape index (κ3) is 2.85. The summed E-state index contributed by atoms with van der Waals surface area (Å²) >= 11 is 5.88. The van der Waals surface area contributed by atoms with Crippen LogP contribution in [0.5, 0.6) is 5.75 Å². The largest absolute Gasteiger partial charge is 0.492 e. The Bertz CT molecular complexity index is 1120. The summed E-state index contributed by atoms with van der Waals surface area (Å²) in [7, 11) is 0. The summed E-state index contributed by atoms with van der Waals surface area (Å²) in [6.45, 7) is 2.63. The number of para-hydroxylation sites is 2. The number of imidazole rings is 1. The first-order chi connectivity index (χ1) is 12.1. The van der Waals surface area contributed by atoms with E-state index in [0.29, 0.717) is 29.6 Å². The molecule has 0 aliphatic rings. The van der Waals surface area contributed by atoms with Gasteiger partial charge in [0.2, 0.25) is 5.78 Å². The van der Waals surface area contributed by atoms with Crippen molar-refractivity contribution in [2.24, 2.45) is 0 Å². The number of rotatable bonds is 4. The lowest BCUT2D eigenvalue weighted by atomic mass is 10.3. The van der Waals surface area contributed by atoms with E-state index < -0.39 is 0 Å². The normalized spacial score (nSPS) is 11.3. The van der Waals surface area contributed by atoms with Crippen molar-refractivity contribution < 1.29 is 4.74 Å². The highest BCUT2D eigenvalue weighted by molar-refractivity contribution is 6.30. The van der Waals surface area contributed by atoms with Crippen molar-refractivity contribution in [1.82, 2.24) is 19.2 Å². The molecule has 0 radical (unpaired) electrons. The smallest absolute Gasteiger partial charge is 0.296 e. The van der Waals surface area contributed by atoms with Crippen LogP contribution in [0.2, 0.25) is 5.02 Å². The molecule has 0 atom stereocenters. The maximum absolute atomic E-state index is 11.9. The first kappa shape index (κ1) is 15.7. The molecule has 4 aromatic rings. The van der Waals surface area contributed by atoms with Crippen LogP contribution >= 0.6 is 11.6 Å². The average molecular weight is 355 g/mol. The maximum atomic E-state index is 11.9. The summed E-state index contributed by atoms with van der Waals surface area (Å²) < 4.78 is 9.42. The molecule has 0 saturated carbocycles. The van der Waals surface area contributed by atoms with E-state index >= 15 is 0 Å². The molecule has 4 rings (SSSR count). The number of nitrogens with zero attached hydrogens (tertiary/aromatic N) is 4. The fourth-order valence-corrected chi connectivity index (χ4v) is 2.90. The van der Waals surface area contributed by atoms with Gasteiger partial charge in [0.05, 0.1) is 17.6 Å². The molecule has 0 fully saturated rings. The van der Waals surface area contributed by atoms with Gasteiger partial charge in [0.1, 0.15) is 18.1 Å². The van der Waals surface area contributed by atoms with Crippen LogP contribution < -0.4 is 10.3 Å². The molecule has 7 heteroatoms. The number of hydrogen-bond donors (Lipinski definition) is 0. The molecule has 2 aromatic heterocycles. The third-order valence-electron chi connectivity index (χ3n) is 3.99. The fourth-order valence-electron chi connectivity index (χ4n) is 2.78. The molecule has 2 aromatic carbocycles. The topological polar surface area (TPSA) is 61.4 Å². The Balaban J connectivity index is 1.71. The SMILES string of the molecule is Cc1nn2c3ccccc3n(CCOc3ccc(Cl)cc3)c2nc1=O. The minimum atomic E-state index is -0.317. The maximum Gasteiger partial charge on any atom is 0.296 e. The Labute approximate surface area is 148 Å². The highest BCUT2D eigenvalue weighted by atomic mass is 35.5. The number of aryl methyl sites for hydroxylation is 1. The second-order valence-corrected chi connectivity index (χ2v) is 6.09. The van der Waals surface area contributed by atoms with E-state index in [4.69, 9.17) is 16.3 Å². The molecule has 0 amide bonds. The van der Waals surface area contributed by atoms with Crippen LogP contribution in [0.3, 0.4) is 0 Å². The standard InChI is InChI=1S/C18H15ClN4O2/c1-12-17(24)20-18-22(10-11-25-14-8-6-13(19)7-9-14)15-4-2-3-5-16(15)23(18)21-12/h2-9H,10-11H2,1H3. The number of hydrogen-bond acceptors (Lipinski definition) is 4. The van der Waals surface area contributed by atoms with Crippen LogP contribution in [0.15, 0.2) is 53.3 Å². The van der Waals surface area contributed by atoms with Gasteiger partial charge in [0, 0.05) is 5.02 Å². The van der Waals surface area contributed by atoms with E-state index in [2.05, 4.69) is 10.1 Å². The first-order valence-corrected chi connectivity index (χ1v) is 8.24. The predicted octanol–water partition coefficient (Wildman–Crippen LogP) is 3.09. The monoisotopic (exact) mass is 354 g/mol. The van der Waals surface area contributed by atoms with Crippen molar-refractivity contribution in [3.05, 3.63) is 69.6 Å². The summed E-state index contributed by atoms with van der Waals surface area (Å²) in [4.78, 5) is 16.1. The summed E-state index contributed by atoms with van der Waals surface area (Å²) in [5.41, 5.74) is 1.91. The van der Waals surface area contributed by atoms with Crippen molar-refractivity contribution in [3.63, 3.8) is 0 Å². The Morgan fingerprint density at radius 1 is 1.08 bits per heavy atom. The number of halogens is 1. The zero-order valence-corrected chi connectivity index (χ0v) is 14.3. The third-order valence-corrected chi connectivity index (χ3v) is 4.24. The molecule has 0 unspecified atom stereocenters. The quantitative estimate of drug-likeness (QED) is 0.565. The van der Waals surface area contributed by atoms with Crippen molar-refractivity contribution in [2.75, 3.05) is 6.61 Å². The van der Waals surface area contributed by atoms with Crippen molar-refractivity contribution in [1.29, 1.82) is 0 Å². The van der Waals surface area contributed by atoms with Crippen molar-refractivity contribution >= 4 is 28.4 Å². The van der Waals surface area contributed by atoms with Crippen LogP contribution in [-0.2, 0) is 6.54 Å². The van der Waals surface area contributed by atoms with Gasteiger partial charge in [-0.05, 0) is 43.3 Å². The fraction of sp³-hybridized carbons (Fsp3) is 0.167. The molecule has 0 bridgehead atoms. The van der Waals surface area contributed by atoms with Gasteiger partial charge in [-0.1, -0.05) is 23.7 Å². The zero-order valence-electron chi connectivity index (χ0n) is 13.5. The molecule has 0 N–H and O–H groups in total. The molecule has 0 spiro atoms. The molecule has 25 heavy (non-hydrogen) atoms. The second kappa shape index (κ2) is 6.22. The zero-order chi connectivity index (χ0) is 17.4. The highest BCUT2D eigenvalue weighted by Gasteiger charge is 2.13. The van der Waals surface area contributed by atoms with Gasteiger partial charge in [-0.25, -0.2) is 0 Å². The van der Waals surface area contributed by atoms with Crippen LogP contribution in [0, 0.1) is 6.92 Å².